The number of rotatable bonds is 5. The first kappa shape index (κ1) is 25.4. The highest BCUT2D eigenvalue weighted by atomic mass is 16.1. The fraction of sp³-hybridized carbons (Fsp3) is 0.0541. The number of imidazole rings is 1. The lowest BCUT2D eigenvalue weighted by Crippen LogP contribution is -2.19. The molecular formula is C37H28N4O. The second-order valence-electron chi connectivity index (χ2n) is 10.5. The van der Waals surface area contributed by atoms with Gasteiger partial charge in [0.25, 0.3) is 0 Å². The van der Waals surface area contributed by atoms with Gasteiger partial charge in [0, 0.05) is 30.8 Å². The topological polar surface area (TPSA) is 52.7 Å². The molecule has 0 saturated heterocycles. The molecular weight excluding hydrogens is 516 g/mol. The summed E-state index contributed by atoms with van der Waals surface area (Å²) in [6.45, 7) is 0. The van der Waals surface area contributed by atoms with E-state index in [-0.39, 0.29) is 5.69 Å². The number of nitrogens with zero attached hydrogens (tertiary/aromatic N) is 4. The molecule has 0 saturated carbocycles. The molecule has 0 atom stereocenters. The Bertz CT molecular complexity index is 2090. The minimum Gasteiger partial charge on any atom is -0.295 e. The normalized spacial score (nSPS) is 11.2. The zero-order chi connectivity index (χ0) is 28.6. The molecule has 42 heavy (non-hydrogen) atoms. The van der Waals surface area contributed by atoms with Gasteiger partial charge in [-0.2, -0.15) is 0 Å². The van der Waals surface area contributed by atoms with E-state index in [9.17, 15) is 4.79 Å². The van der Waals surface area contributed by atoms with Gasteiger partial charge in [-0.15, -0.1) is 0 Å². The summed E-state index contributed by atoms with van der Waals surface area (Å²) in [5.41, 5.74) is 11.0. The molecule has 0 amide bonds. The van der Waals surface area contributed by atoms with Crippen LogP contribution in [-0.2, 0) is 14.1 Å². The highest BCUT2D eigenvalue weighted by Gasteiger charge is 2.13. The fourth-order valence-corrected chi connectivity index (χ4v) is 5.44. The van der Waals surface area contributed by atoms with Crippen molar-refractivity contribution in [2.45, 2.75) is 0 Å². The van der Waals surface area contributed by atoms with Crippen molar-refractivity contribution in [1.82, 2.24) is 19.1 Å². The van der Waals surface area contributed by atoms with Gasteiger partial charge in [-0.3, -0.25) is 9.13 Å². The summed E-state index contributed by atoms with van der Waals surface area (Å²) in [6, 6.07) is 45.6. The number of fused-ring (bicyclic) bond motifs is 1. The van der Waals surface area contributed by atoms with Crippen molar-refractivity contribution in [1.29, 1.82) is 0 Å². The average Bonchev–Trinajstić information content (AvgIpc) is 3.28. The molecule has 0 fully saturated rings. The maximum Gasteiger partial charge on any atom is 0.328 e. The van der Waals surface area contributed by atoms with Crippen molar-refractivity contribution in [2.24, 2.45) is 14.1 Å². The molecule has 0 aliphatic heterocycles. The summed E-state index contributed by atoms with van der Waals surface area (Å²) >= 11 is 0. The van der Waals surface area contributed by atoms with Crippen LogP contribution in [0.3, 0.4) is 0 Å². The third-order valence-corrected chi connectivity index (χ3v) is 7.83. The lowest BCUT2D eigenvalue weighted by molar-refractivity contribution is 0.795. The van der Waals surface area contributed by atoms with Crippen molar-refractivity contribution in [3.63, 3.8) is 0 Å². The third-order valence-electron chi connectivity index (χ3n) is 7.83. The van der Waals surface area contributed by atoms with Crippen molar-refractivity contribution >= 4 is 11.0 Å². The van der Waals surface area contributed by atoms with E-state index in [0.717, 1.165) is 50.2 Å². The molecule has 0 radical (unpaired) electrons. The van der Waals surface area contributed by atoms with Crippen LogP contribution >= 0.6 is 0 Å². The van der Waals surface area contributed by atoms with E-state index in [2.05, 4.69) is 91.0 Å². The zero-order valence-electron chi connectivity index (χ0n) is 23.4. The van der Waals surface area contributed by atoms with E-state index in [1.54, 1.807) is 16.2 Å². The highest BCUT2D eigenvalue weighted by molar-refractivity contribution is 5.83. The molecule has 5 nitrogen and oxygen atoms in total. The highest BCUT2D eigenvalue weighted by Crippen LogP contribution is 2.31. The molecule has 5 aromatic carbocycles. The van der Waals surface area contributed by atoms with Crippen molar-refractivity contribution in [3.05, 3.63) is 144 Å². The van der Waals surface area contributed by atoms with Gasteiger partial charge in [-0.25, -0.2) is 14.8 Å². The van der Waals surface area contributed by atoms with Crippen LogP contribution in [0.15, 0.2) is 138 Å². The Balaban J connectivity index is 1.27. The first-order valence-electron chi connectivity index (χ1n) is 13.9. The third kappa shape index (κ3) is 4.61. The molecule has 5 heteroatoms. The van der Waals surface area contributed by atoms with E-state index in [1.165, 1.54) is 11.1 Å². The van der Waals surface area contributed by atoms with Crippen LogP contribution in [0.2, 0.25) is 0 Å². The smallest absolute Gasteiger partial charge is 0.295 e. The Morgan fingerprint density at radius 2 is 0.857 bits per heavy atom. The largest absolute Gasteiger partial charge is 0.328 e. The van der Waals surface area contributed by atoms with Gasteiger partial charge < -0.3 is 0 Å². The van der Waals surface area contributed by atoms with E-state index in [0.29, 0.717) is 5.82 Å². The van der Waals surface area contributed by atoms with Gasteiger partial charge >= 0.3 is 5.69 Å². The number of aryl methyl sites for hydroxylation is 2. The van der Waals surface area contributed by atoms with Crippen LogP contribution < -0.4 is 5.69 Å². The number of benzene rings is 5. The van der Waals surface area contributed by atoms with Gasteiger partial charge in [-0.05, 0) is 40.5 Å². The Morgan fingerprint density at radius 1 is 0.429 bits per heavy atom. The van der Waals surface area contributed by atoms with Crippen LogP contribution in [0, 0.1) is 0 Å². The fourth-order valence-electron chi connectivity index (χ4n) is 5.44. The van der Waals surface area contributed by atoms with E-state index >= 15 is 0 Å². The minimum atomic E-state index is -0.0269. The van der Waals surface area contributed by atoms with E-state index in [1.807, 2.05) is 49.5 Å². The molecule has 2 aromatic heterocycles. The molecule has 2 heterocycles. The SMILES string of the molecule is Cn1c(=O)n(C)c2cc(-c3ccc(-c4cc(-c5ccc(-c6ccccc6)cc5)nc(-c5ccccc5)n4)cc3)ccc21. The summed E-state index contributed by atoms with van der Waals surface area (Å²) in [6.07, 6.45) is 0. The summed E-state index contributed by atoms with van der Waals surface area (Å²) in [4.78, 5) is 22.3. The second-order valence-corrected chi connectivity index (χ2v) is 10.5. The Labute approximate surface area is 244 Å². The van der Waals surface area contributed by atoms with Crippen LogP contribution in [0.25, 0.3) is 67.2 Å². The molecule has 0 spiro atoms. The lowest BCUT2D eigenvalue weighted by Gasteiger charge is -2.11. The Kier molecular flexibility index (Phi) is 6.32. The summed E-state index contributed by atoms with van der Waals surface area (Å²) in [7, 11) is 3.61. The van der Waals surface area contributed by atoms with E-state index < -0.39 is 0 Å². The molecule has 0 bridgehead atoms. The van der Waals surface area contributed by atoms with Crippen molar-refractivity contribution in [2.75, 3.05) is 0 Å². The van der Waals surface area contributed by atoms with Gasteiger partial charge in [0.1, 0.15) is 0 Å². The maximum atomic E-state index is 12.4. The number of aromatic nitrogens is 4. The predicted molar refractivity (Wildman–Crippen MR) is 171 cm³/mol. The van der Waals surface area contributed by atoms with Crippen LogP contribution in [0.5, 0.6) is 0 Å². The molecule has 0 N–H and O–H groups in total. The Hall–Kier alpha value is -5.55. The minimum absolute atomic E-state index is 0.0269. The molecule has 0 unspecified atom stereocenters. The summed E-state index contributed by atoms with van der Waals surface area (Å²) in [5, 5.41) is 0. The zero-order valence-corrected chi connectivity index (χ0v) is 23.4. The van der Waals surface area contributed by atoms with Gasteiger partial charge in [0.2, 0.25) is 0 Å². The van der Waals surface area contributed by atoms with E-state index in [4.69, 9.17) is 9.97 Å². The quantitative estimate of drug-likeness (QED) is 0.221. The monoisotopic (exact) mass is 544 g/mol. The van der Waals surface area contributed by atoms with Crippen molar-refractivity contribution in [3.8, 4) is 56.2 Å². The number of hydrogen-bond donors (Lipinski definition) is 0. The summed E-state index contributed by atoms with van der Waals surface area (Å²) < 4.78 is 3.36. The van der Waals surface area contributed by atoms with Crippen LogP contribution in [0.4, 0.5) is 0 Å². The first-order valence-corrected chi connectivity index (χ1v) is 13.9. The standard InChI is InChI=1S/C37H28N4O/c1-40-34-22-21-31(23-35(34)41(2)37(40)42)27-15-19-29(20-16-27)33-24-32(38-36(39-33)30-11-7-4-8-12-30)28-17-13-26(14-18-28)25-9-5-3-6-10-25/h3-24H,1-2H3. The van der Waals surface area contributed by atoms with Crippen LogP contribution in [-0.4, -0.2) is 19.1 Å². The van der Waals surface area contributed by atoms with Gasteiger partial charge in [-0.1, -0.05) is 115 Å². The van der Waals surface area contributed by atoms with Crippen LogP contribution in [0.1, 0.15) is 0 Å². The van der Waals surface area contributed by atoms with Gasteiger partial charge in [0.15, 0.2) is 5.82 Å². The maximum absolute atomic E-state index is 12.4. The second kappa shape index (κ2) is 10.5. The first-order chi connectivity index (χ1) is 20.5. The lowest BCUT2D eigenvalue weighted by atomic mass is 10.00. The molecule has 7 rings (SSSR count). The summed E-state index contributed by atoms with van der Waals surface area (Å²) in [5.74, 6) is 0.690. The molecule has 0 aliphatic carbocycles. The molecule has 7 aromatic rings. The molecule has 202 valence electrons. The predicted octanol–water partition coefficient (Wildman–Crippen LogP) is 8.00. The Morgan fingerprint density at radius 3 is 1.43 bits per heavy atom. The van der Waals surface area contributed by atoms with Crippen molar-refractivity contribution < 1.29 is 0 Å². The molecule has 0 aliphatic rings. The average molecular weight is 545 g/mol. The van der Waals surface area contributed by atoms with Gasteiger partial charge in [0.05, 0.1) is 22.4 Å². The number of hydrogen-bond acceptors (Lipinski definition) is 3.